The lowest BCUT2D eigenvalue weighted by Gasteiger charge is -2.13. The maximum atomic E-state index is 9.91. The van der Waals surface area contributed by atoms with Gasteiger partial charge in [0.15, 0.2) is 0 Å². The first kappa shape index (κ1) is 10.1. The van der Waals surface area contributed by atoms with E-state index in [2.05, 4.69) is 0 Å². The van der Waals surface area contributed by atoms with Crippen LogP contribution in [-0.2, 0) is 5.60 Å². The highest BCUT2D eigenvalue weighted by molar-refractivity contribution is 6.36. The van der Waals surface area contributed by atoms with Crippen molar-refractivity contribution in [1.82, 2.24) is 0 Å². The van der Waals surface area contributed by atoms with Crippen LogP contribution < -0.4 is 4.74 Å². The van der Waals surface area contributed by atoms with Gasteiger partial charge in [0.1, 0.15) is 5.75 Å². The Bertz CT molecular complexity index is 373. The fraction of sp³-hybridized carbons (Fsp3) is 0.400. The normalized spacial score (nSPS) is 18.0. The minimum absolute atomic E-state index is 0.463. The third-order valence-electron chi connectivity index (χ3n) is 2.47. The van der Waals surface area contributed by atoms with Gasteiger partial charge in [0.2, 0.25) is 0 Å². The van der Waals surface area contributed by atoms with E-state index in [9.17, 15) is 5.11 Å². The molecule has 4 heteroatoms. The van der Waals surface area contributed by atoms with E-state index in [1.54, 1.807) is 12.1 Å². The third-order valence-corrected chi connectivity index (χ3v) is 3.07. The first-order chi connectivity index (χ1) is 6.57. The summed E-state index contributed by atoms with van der Waals surface area (Å²) in [7, 11) is 1.54. The quantitative estimate of drug-likeness (QED) is 0.850. The van der Waals surface area contributed by atoms with Crippen LogP contribution in [0.15, 0.2) is 12.1 Å². The van der Waals surface area contributed by atoms with Gasteiger partial charge in [-0.1, -0.05) is 23.2 Å². The Labute approximate surface area is 92.4 Å². The molecule has 1 aliphatic carbocycles. The molecule has 0 aromatic heterocycles. The molecule has 0 heterocycles. The molecule has 76 valence electrons. The van der Waals surface area contributed by atoms with E-state index >= 15 is 0 Å². The Morgan fingerprint density at radius 2 is 1.93 bits per heavy atom. The highest BCUT2D eigenvalue weighted by Gasteiger charge is 2.44. The maximum Gasteiger partial charge on any atom is 0.137 e. The predicted octanol–water partition coefficient (Wildman–Crippen LogP) is 2.98. The molecule has 0 radical (unpaired) electrons. The Morgan fingerprint density at radius 3 is 2.43 bits per heavy atom. The highest BCUT2D eigenvalue weighted by Crippen LogP contribution is 2.49. The van der Waals surface area contributed by atoms with Crippen molar-refractivity contribution in [2.45, 2.75) is 18.4 Å². The zero-order valence-corrected chi connectivity index (χ0v) is 9.19. The lowest BCUT2D eigenvalue weighted by molar-refractivity contribution is 0.151. The van der Waals surface area contributed by atoms with Gasteiger partial charge in [-0.25, -0.2) is 0 Å². The van der Waals surface area contributed by atoms with Gasteiger partial charge in [0.25, 0.3) is 0 Å². The molecular formula is C10H10Cl2O2. The second-order valence-electron chi connectivity index (χ2n) is 3.50. The average molecular weight is 233 g/mol. The minimum Gasteiger partial charge on any atom is -0.495 e. The largest absolute Gasteiger partial charge is 0.495 e. The second kappa shape index (κ2) is 3.30. The average Bonchev–Trinajstić information content (AvgIpc) is 2.85. The summed E-state index contributed by atoms with van der Waals surface area (Å²) in [5, 5.41) is 10.9. The van der Waals surface area contributed by atoms with Gasteiger partial charge in [-0.3, -0.25) is 0 Å². The molecule has 0 spiro atoms. The Hall–Kier alpha value is -0.440. The first-order valence-electron chi connectivity index (χ1n) is 4.33. The molecule has 1 aromatic rings. The Morgan fingerprint density at radius 1 is 1.29 bits per heavy atom. The number of aliphatic hydroxyl groups is 1. The number of halogens is 2. The fourth-order valence-electron chi connectivity index (χ4n) is 1.43. The number of hydrogen-bond donors (Lipinski definition) is 1. The highest BCUT2D eigenvalue weighted by atomic mass is 35.5. The fourth-order valence-corrected chi connectivity index (χ4v) is 2.07. The molecule has 14 heavy (non-hydrogen) atoms. The van der Waals surface area contributed by atoms with Gasteiger partial charge >= 0.3 is 0 Å². The smallest absolute Gasteiger partial charge is 0.137 e. The van der Waals surface area contributed by atoms with Crippen molar-refractivity contribution in [1.29, 1.82) is 0 Å². The zero-order chi connectivity index (χ0) is 10.3. The number of ether oxygens (including phenoxy) is 1. The van der Waals surface area contributed by atoms with Gasteiger partial charge in [-0.2, -0.15) is 0 Å². The van der Waals surface area contributed by atoms with Crippen molar-refractivity contribution in [3.05, 3.63) is 27.7 Å². The molecule has 1 aromatic carbocycles. The summed E-state index contributed by atoms with van der Waals surface area (Å²) in [4.78, 5) is 0. The van der Waals surface area contributed by atoms with Crippen molar-refractivity contribution in [3.8, 4) is 5.75 Å². The third kappa shape index (κ3) is 1.58. The minimum atomic E-state index is -0.755. The number of methoxy groups -OCH3 is 1. The van der Waals surface area contributed by atoms with Gasteiger partial charge < -0.3 is 9.84 Å². The number of benzene rings is 1. The molecule has 1 N–H and O–H groups in total. The first-order valence-corrected chi connectivity index (χ1v) is 5.08. The standard InChI is InChI=1S/C10H10Cl2O2/c1-14-9-4-6(10(13)2-3-10)7(11)5-8(9)12/h4-5,13H,2-3H2,1H3. The van der Waals surface area contributed by atoms with E-state index in [0.29, 0.717) is 21.4 Å². The maximum absolute atomic E-state index is 9.91. The molecule has 2 rings (SSSR count). The topological polar surface area (TPSA) is 29.5 Å². The zero-order valence-electron chi connectivity index (χ0n) is 7.68. The van der Waals surface area contributed by atoms with Crippen LogP contribution in [0.5, 0.6) is 5.75 Å². The van der Waals surface area contributed by atoms with E-state index in [1.165, 1.54) is 7.11 Å². The molecular weight excluding hydrogens is 223 g/mol. The SMILES string of the molecule is COc1cc(C2(O)CC2)c(Cl)cc1Cl. The van der Waals surface area contributed by atoms with Gasteiger partial charge in [0, 0.05) is 10.6 Å². The summed E-state index contributed by atoms with van der Waals surface area (Å²) in [6.07, 6.45) is 1.50. The molecule has 0 saturated heterocycles. The molecule has 0 aliphatic heterocycles. The van der Waals surface area contributed by atoms with Crippen molar-refractivity contribution < 1.29 is 9.84 Å². The van der Waals surface area contributed by atoms with E-state index in [1.807, 2.05) is 0 Å². The van der Waals surface area contributed by atoms with Crippen molar-refractivity contribution in [2.24, 2.45) is 0 Å². The Balaban J connectivity index is 2.50. The van der Waals surface area contributed by atoms with Crippen molar-refractivity contribution in [3.63, 3.8) is 0 Å². The van der Waals surface area contributed by atoms with Crippen LogP contribution in [0.4, 0.5) is 0 Å². The summed E-state index contributed by atoms with van der Waals surface area (Å²) in [5.41, 5.74) is -0.0463. The molecule has 1 fully saturated rings. The molecule has 0 unspecified atom stereocenters. The second-order valence-corrected chi connectivity index (χ2v) is 4.31. The summed E-state index contributed by atoms with van der Waals surface area (Å²) < 4.78 is 5.06. The molecule has 2 nitrogen and oxygen atoms in total. The molecule has 1 aliphatic rings. The van der Waals surface area contributed by atoms with Crippen LogP contribution in [0.1, 0.15) is 18.4 Å². The van der Waals surface area contributed by atoms with Crippen molar-refractivity contribution >= 4 is 23.2 Å². The van der Waals surface area contributed by atoms with E-state index < -0.39 is 5.60 Å². The molecule has 0 atom stereocenters. The van der Waals surface area contributed by atoms with Crippen LogP contribution in [0.25, 0.3) is 0 Å². The van der Waals surface area contributed by atoms with Gasteiger partial charge in [0.05, 0.1) is 17.7 Å². The van der Waals surface area contributed by atoms with E-state index in [4.69, 9.17) is 27.9 Å². The van der Waals surface area contributed by atoms with Gasteiger partial charge in [-0.15, -0.1) is 0 Å². The number of rotatable bonds is 2. The summed E-state index contributed by atoms with van der Waals surface area (Å²) >= 11 is 11.9. The summed E-state index contributed by atoms with van der Waals surface area (Å²) in [5.74, 6) is 0.548. The summed E-state index contributed by atoms with van der Waals surface area (Å²) in [6.45, 7) is 0. The molecule has 0 bridgehead atoms. The lowest BCUT2D eigenvalue weighted by atomic mass is 10.1. The lowest BCUT2D eigenvalue weighted by Crippen LogP contribution is -2.05. The van der Waals surface area contributed by atoms with Crippen LogP contribution in [0.3, 0.4) is 0 Å². The van der Waals surface area contributed by atoms with E-state index in [-0.39, 0.29) is 0 Å². The predicted molar refractivity (Wildman–Crippen MR) is 56.1 cm³/mol. The van der Waals surface area contributed by atoms with Crippen LogP contribution in [0.2, 0.25) is 10.0 Å². The molecule has 0 amide bonds. The Kier molecular flexibility index (Phi) is 2.38. The summed E-state index contributed by atoms with van der Waals surface area (Å²) in [6, 6.07) is 3.31. The van der Waals surface area contributed by atoms with Crippen LogP contribution >= 0.6 is 23.2 Å². The molecule has 1 saturated carbocycles. The van der Waals surface area contributed by atoms with Crippen LogP contribution in [-0.4, -0.2) is 12.2 Å². The number of hydrogen-bond acceptors (Lipinski definition) is 2. The van der Waals surface area contributed by atoms with Gasteiger partial charge in [-0.05, 0) is 25.0 Å². The monoisotopic (exact) mass is 232 g/mol. The van der Waals surface area contributed by atoms with Crippen molar-refractivity contribution in [2.75, 3.05) is 7.11 Å². The van der Waals surface area contributed by atoms with E-state index in [0.717, 1.165) is 12.8 Å². The van der Waals surface area contributed by atoms with Crippen LogP contribution in [0, 0.1) is 0 Å².